The summed E-state index contributed by atoms with van der Waals surface area (Å²) in [5.74, 6) is 0. The molecule has 2 N–H and O–H groups in total. The number of rotatable bonds is 2. The number of hydrogen-bond donors (Lipinski definition) is 2. The Bertz CT molecular complexity index is 356. The summed E-state index contributed by atoms with van der Waals surface area (Å²) in [6.07, 6.45) is 3.76. The molecule has 0 bridgehead atoms. The molecule has 1 fully saturated rings. The van der Waals surface area contributed by atoms with Crippen LogP contribution in [-0.2, 0) is 0 Å². The van der Waals surface area contributed by atoms with Crippen molar-refractivity contribution in [3.8, 4) is 6.07 Å². The molecule has 1 saturated heterocycles. The third-order valence-electron chi connectivity index (χ3n) is 2.93. The van der Waals surface area contributed by atoms with Crippen LogP contribution in [0.4, 0.5) is 5.69 Å². The number of hydrogen-bond acceptors (Lipinski definition) is 3. The monoisotopic (exact) mass is 215 g/mol. The maximum atomic E-state index is 8.71. The first kappa shape index (κ1) is 11.0. The fourth-order valence-corrected chi connectivity index (χ4v) is 2.02. The van der Waals surface area contributed by atoms with Crippen LogP contribution in [0.5, 0.6) is 0 Å². The van der Waals surface area contributed by atoms with E-state index in [1.807, 2.05) is 24.3 Å². The van der Waals surface area contributed by atoms with Crippen molar-refractivity contribution in [2.45, 2.75) is 25.3 Å². The van der Waals surface area contributed by atoms with Crippen molar-refractivity contribution in [2.75, 3.05) is 18.4 Å². The third-order valence-corrected chi connectivity index (χ3v) is 2.93. The minimum atomic E-state index is 0.510. The molecule has 0 aromatic heterocycles. The van der Waals surface area contributed by atoms with Gasteiger partial charge in [0.1, 0.15) is 0 Å². The second kappa shape index (κ2) is 5.53. The molecule has 0 radical (unpaired) electrons. The molecule has 1 atom stereocenters. The van der Waals surface area contributed by atoms with E-state index in [-0.39, 0.29) is 0 Å². The molecule has 0 saturated carbocycles. The molecule has 1 aromatic carbocycles. The molecule has 1 aromatic rings. The number of nitriles is 1. The molecule has 0 spiro atoms. The van der Waals surface area contributed by atoms with E-state index in [9.17, 15) is 0 Å². The lowest BCUT2D eigenvalue weighted by Gasteiger charge is -2.17. The van der Waals surface area contributed by atoms with Gasteiger partial charge >= 0.3 is 0 Å². The van der Waals surface area contributed by atoms with E-state index in [1.165, 1.54) is 19.3 Å². The van der Waals surface area contributed by atoms with Crippen LogP contribution in [-0.4, -0.2) is 19.1 Å². The topological polar surface area (TPSA) is 47.9 Å². The Morgan fingerprint density at radius 1 is 1.25 bits per heavy atom. The van der Waals surface area contributed by atoms with Gasteiger partial charge in [-0.15, -0.1) is 0 Å². The van der Waals surface area contributed by atoms with Gasteiger partial charge < -0.3 is 10.6 Å². The third kappa shape index (κ3) is 2.98. The molecular weight excluding hydrogens is 198 g/mol. The summed E-state index contributed by atoms with van der Waals surface area (Å²) in [5.41, 5.74) is 1.82. The fourth-order valence-electron chi connectivity index (χ4n) is 2.02. The van der Waals surface area contributed by atoms with Crippen LogP contribution in [0.2, 0.25) is 0 Å². The smallest absolute Gasteiger partial charge is 0.0991 e. The van der Waals surface area contributed by atoms with Gasteiger partial charge in [-0.3, -0.25) is 0 Å². The van der Waals surface area contributed by atoms with Crippen LogP contribution in [0.1, 0.15) is 24.8 Å². The lowest BCUT2D eigenvalue weighted by Crippen LogP contribution is -2.30. The van der Waals surface area contributed by atoms with Crippen molar-refractivity contribution < 1.29 is 0 Å². The average Bonchev–Trinajstić information content (AvgIpc) is 2.59. The molecule has 1 aliphatic rings. The van der Waals surface area contributed by atoms with E-state index >= 15 is 0 Å². The minimum absolute atomic E-state index is 0.510. The van der Waals surface area contributed by atoms with E-state index in [0.29, 0.717) is 11.6 Å². The van der Waals surface area contributed by atoms with Gasteiger partial charge in [-0.25, -0.2) is 0 Å². The van der Waals surface area contributed by atoms with E-state index in [1.54, 1.807) is 0 Å². The van der Waals surface area contributed by atoms with Crippen molar-refractivity contribution >= 4 is 5.69 Å². The van der Waals surface area contributed by atoms with Crippen molar-refractivity contribution in [2.24, 2.45) is 0 Å². The summed E-state index contributed by atoms with van der Waals surface area (Å²) < 4.78 is 0. The zero-order chi connectivity index (χ0) is 11.2. The van der Waals surface area contributed by atoms with Gasteiger partial charge in [-0.2, -0.15) is 5.26 Å². The molecule has 0 aliphatic carbocycles. The van der Waals surface area contributed by atoms with E-state index in [4.69, 9.17) is 5.26 Å². The molecule has 3 nitrogen and oxygen atoms in total. The Labute approximate surface area is 96.5 Å². The predicted molar refractivity (Wildman–Crippen MR) is 65.3 cm³/mol. The predicted octanol–water partition coefficient (Wildman–Crippen LogP) is 2.11. The molecule has 0 amide bonds. The highest BCUT2D eigenvalue weighted by atomic mass is 15.0. The van der Waals surface area contributed by atoms with Crippen LogP contribution in [0.3, 0.4) is 0 Å². The zero-order valence-electron chi connectivity index (χ0n) is 9.37. The highest BCUT2D eigenvalue weighted by Crippen LogP contribution is 2.13. The first-order valence-electron chi connectivity index (χ1n) is 5.86. The van der Waals surface area contributed by atoms with Gasteiger partial charge in [0.25, 0.3) is 0 Å². The van der Waals surface area contributed by atoms with Gasteiger partial charge in [0.2, 0.25) is 0 Å². The summed E-state index contributed by atoms with van der Waals surface area (Å²) in [6, 6.07) is 10.3. The second-order valence-corrected chi connectivity index (χ2v) is 4.23. The maximum Gasteiger partial charge on any atom is 0.0991 e. The normalized spacial score (nSPS) is 20.8. The first-order valence-corrected chi connectivity index (χ1v) is 5.86. The second-order valence-electron chi connectivity index (χ2n) is 4.23. The largest absolute Gasteiger partial charge is 0.381 e. The first-order chi connectivity index (χ1) is 7.88. The molecule has 16 heavy (non-hydrogen) atoms. The van der Waals surface area contributed by atoms with Crippen molar-refractivity contribution in [3.63, 3.8) is 0 Å². The van der Waals surface area contributed by atoms with Gasteiger partial charge in [0.05, 0.1) is 11.6 Å². The molecule has 84 valence electrons. The number of nitrogens with zero attached hydrogens (tertiary/aromatic N) is 1. The van der Waals surface area contributed by atoms with Crippen molar-refractivity contribution in [1.82, 2.24) is 5.32 Å². The fraction of sp³-hybridized carbons (Fsp3) is 0.462. The molecule has 1 unspecified atom stereocenters. The average molecular weight is 215 g/mol. The van der Waals surface area contributed by atoms with Crippen LogP contribution in [0, 0.1) is 11.3 Å². The lowest BCUT2D eigenvalue weighted by atomic mass is 10.1. The van der Waals surface area contributed by atoms with E-state index in [2.05, 4.69) is 16.7 Å². The molecule has 3 heteroatoms. The number of anilines is 1. The van der Waals surface area contributed by atoms with Crippen LogP contribution in [0.15, 0.2) is 24.3 Å². The Kier molecular flexibility index (Phi) is 3.79. The minimum Gasteiger partial charge on any atom is -0.381 e. The Hall–Kier alpha value is -1.53. The van der Waals surface area contributed by atoms with Crippen molar-refractivity contribution in [1.29, 1.82) is 5.26 Å². The lowest BCUT2D eigenvalue weighted by molar-refractivity contribution is 0.636. The molecule has 1 heterocycles. The molecule has 1 aliphatic heterocycles. The van der Waals surface area contributed by atoms with Crippen LogP contribution >= 0.6 is 0 Å². The quantitative estimate of drug-likeness (QED) is 0.794. The van der Waals surface area contributed by atoms with Crippen LogP contribution < -0.4 is 10.6 Å². The zero-order valence-corrected chi connectivity index (χ0v) is 9.37. The highest BCUT2D eigenvalue weighted by molar-refractivity contribution is 5.47. The van der Waals surface area contributed by atoms with Gasteiger partial charge in [0.15, 0.2) is 0 Å². The Balaban J connectivity index is 1.94. The standard InChI is InChI=1S/C13H17N3/c14-9-11-4-6-12(7-5-11)16-13-3-1-2-8-15-10-13/h4-7,13,15-16H,1-3,8,10H2. The number of nitrogens with one attached hydrogen (secondary N) is 2. The molecular formula is C13H17N3. The van der Waals surface area contributed by atoms with Crippen molar-refractivity contribution in [3.05, 3.63) is 29.8 Å². The number of benzene rings is 1. The maximum absolute atomic E-state index is 8.71. The summed E-state index contributed by atoms with van der Waals surface area (Å²) in [6.45, 7) is 2.16. The van der Waals surface area contributed by atoms with E-state index < -0.39 is 0 Å². The molecule has 2 rings (SSSR count). The van der Waals surface area contributed by atoms with E-state index in [0.717, 1.165) is 18.8 Å². The Morgan fingerprint density at radius 2 is 2.06 bits per heavy atom. The van der Waals surface area contributed by atoms with Gasteiger partial charge in [-0.05, 0) is 43.7 Å². The Morgan fingerprint density at radius 3 is 2.81 bits per heavy atom. The van der Waals surface area contributed by atoms with Gasteiger partial charge in [0, 0.05) is 18.3 Å². The highest BCUT2D eigenvalue weighted by Gasteiger charge is 2.10. The van der Waals surface area contributed by atoms with Crippen LogP contribution in [0.25, 0.3) is 0 Å². The summed E-state index contributed by atoms with van der Waals surface area (Å²) >= 11 is 0. The van der Waals surface area contributed by atoms with Gasteiger partial charge in [-0.1, -0.05) is 6.42 Å². The summed E-state index contributed by atoms with van der Waals surface area (Å²) in [7, 11) is 0. The SMILES string of the molecule is N#Cc1ccc(NC2CCCCNC2)cc1. The summed E-state index contributed by atoms with van der Waals surface area (Å²) in [5, 5.41) is 15.6. The summed E-state index contributed by atoms with van der Waals surface area (Å²) in [4.78, 5) is 0.